The Balaban J connectivity index is 2.84. The van der Waals surface area contributed by atoms with Crippen molar-refractivity contribution in [2.75, 3.05) is 0 Å². The first-order valence-electron chi connectivity index (χ1n) is 5.47. The molecule has 0 saturated carbocycles. The van der Waals surface area contributed by atoms with Crippen molar-refractivity contribution in [1.29, 1.82) is 0 Å². The molecule has 4 heteroatoms. The standard InChI is InChI=1S/C13H17Br2NO/c1-8(13(2,3)4)16-12(17)9-5-10(14)7-11(15)6-9/h5-8H,1-4H3,(H,16,17). The highest BCUT2D eigenvalue weighted by Gasteiger charge is 2.22. The molecule has 1 atom stereocenters. The molecule has 1 N–H and O–H groups in total. The molecule has 94 valence electrons. The maximum Gasteiger partial charge on any atom is 0.251 e. The molecule has 0 fully saturated rings. The normalized spacial score (nSPS) is 13.3. The van der Waals surface area contributed by atoms with E-state index in [0.29, 0.717) is 5.56 Å². The third kappa shape index (κ3) is 4.43. The minimum absolute atomic E-state index is 0.0468. The fraction of sp³-hybridized carbons (Fsp3) is 0.462. The lowest BCUT2D eigenvalue weighted by Gasteiger charge is -2.28. The van der Waals surface area contributed by atoms with Gasteiger partial charge in [0.25, 0.3) is 5.91 Å². The van der Waals surface area contributed by atoms with Crippen molar-refractivity contribution in [2.45, 2.75) is 33.7 Å². The zero-order valence-electron chi connectivity index (χ0n) is 10.5. The third-order valence-corrected chi connectivity index (χ3v) is 3.69. The Bertz CT molecular complexity index is 404. The summed E-state index contributed by atoms with van der Waals surface area (Å²) in [4.78, 5) is 12.1. The predicted molar refractivity (Wildman–Crippen MR) is 78.2 cm³/mol. The summed E-state index contributed by atoms with van der Waals surface area (Å²) in [6, 6.07) is 5.65. The van der Waals surface area contributed by atoms with Gasteiger partial charge in [-0.05, 0) is 30.5 Å². The van der Waals surface area contributed by atoms with Crippen LogP contribution in [0.5, 0.6) is 0 Å². The minimum atomic E-state index is -0.0468. The van der Waals surface area contributed by atoms with Gasteiger partial charge < -0.3 is 5.32 Å². The molecule has 2 nitrogen and oxygen atoms in total. The van der Waals surface area contributed by atoms with E-state index in [4.69, 9.17) is 0 Å². The average Bonchev–Trinajstić information content (AvgIpc) is 2.14. The van der Waals surface area contributed by atoms with Crippen molar-refractivity contribution in [3.05, 3.63) is 32.7 Å². The fourth-order valence-corrected chi connectivity index (χ4v) is 2.48. The van der Waals surface area contributed by atoms with Crippen LogP contribution in [0.2, 0.25) is 0 Å². The summed E-state index contributed by atoms with van der Waals surface area (Å²) in [5.41, 5.74) is 0.709. The Kier molecular flexibility index (Phi) is 4.78. The van der Waals surface area contributed by atoms with E-state index < -0.39 is 0 Å². The van der Waals surface area contributed by atoms with E-state index in [1.807, 2.05) is 25.1 Å². The number of carbonyl (C=O) groups excluding carboxylic acids is 1. The predicted octanol–water partition coefficient (Wildman–Crippen LogP) is 4.38. The monoisotopic (exact) mass is 361 g/mol. The SMILES string of the molecule is CC(NC(=O)c1cc(Br)cc(Br)c1)C(C)(C)C. The molecule has 1 rings (SSSR count). The topological polar surface area (TPSA) is 29.1 Å². The number of nitrogens with one attached hydrogen (secondary N) is 1. The Morgan fingerprint density at radius 1 is 1.18 bits per heavy atom. The lowest BCUT2D eigenvalue weighted by molar-refractivity contribution is 0.0910. The lowest BCUT2D eigenvalue weighted by Crippen LogP contribution is -2.41. The van der Waals surface area contributed by atoms with Gasteiger partial charge in [0.1, 0.15) is 0 Å². The molecule has 0 heterocycles. The summed E-state index contributed by atoms with van der Waals surface area (Å²) in [6.07, 6.45) is 0. The van der Waals surface area contributed by atoms with Gasteiger partial charge >= 0.3 is 0 Å². The van der Waals surface area contributed by atoms with Gasteiger partial charge in [-0.1, -0.05) is 52.6 Å². The first-order chi connectivity index (χ1) is 7.70. The van der Waals surface area contributed by atoms with Gasteiger partial charge in [-0.3, -0.25) is 4.79 Å². The van der Waals surface area contributed by atoms with E-state index in [-0.39, 0.29) is 17.4 Å². The van der Waals surface area contributed by atoms with Gasteiger partial charge in [0, 0.05) is 20.6 Å². The smallest absolute Gasteiger partial charge is 0.251 e. The highest BCUT2D eigenvalue weighted by atomic mass is 79.9. The van der Waals surface area contributed by atoms with Crippen LogP contribution >= 0.6 is 31.9 Å². The molecule has 1 unspecified atom stereocenters. The van der Waals surface area contributed by atoms with E-state index >= 15 is 0 Å². The van der Waals surface area contributed by atoms with Gasteiger partial charge in [-0.2, -0.15) is 0 Å². The van der Waals surface area contributed by atoms with Crippen LogP contribution in [-0.2, 0) is 0 Å². The van der Waals surface area contributed by atoms with Gasteiger partial charge in [-0.15, -0.1) is 0 Å². The first kappa shape index (κ1) is 14.7. The van der Waals surface area contributed by atoms with Crippen LogP contribution in [0.25, 0.3) is 0 Å². The number of carbonyl (C=O) groups is 1. The summed E-state index contributed by atoms with van der Waals surface area (Å²) in [5.74, 6) is -0.0468. The van der Waals surface area contributed by atoms with E-state index in [1.54, 1.807) is 0 Å². The number of halogens is 2. The van der Waals surface area contributed by atoms with E-state index in [9.17, 15) is 4.79 Å². The Morgan fingerprint density at radius 2 is 1.65 bits per heavy atom. The summed E-state index contributed by atoms with van der Waals surface area (Å²) >= 11 is 6.75. The molecule has 0 bridgehead atoms. The summed E-state index contributed by atoms with van der Waals surface area (Å²) < 4.78 is 1.78. The van der Waals surface area contributed by atoms with Crippen molar-refractivity contribution in [1.82, 2.24) is 5.32 Å². The van der Waals surface area contributed by atoms with E-state index in [2.05, 4.69) is 57.9 Å². The highest BCUT2D eigenvalue weighted by Crippen LogP contribution is 2.22. The lowest BCUT2D eigenvalue weighted by atomic mass is 9.88. The van der Waals surface area contributed by atoms with Crippen molar-refractivity contribution in [3.8, 4) is 0 Å². The molecule has 0 aliphatic carbocycles. The molecule has 0 spiro atoms. The van der Waals surface area contributed by atoms with Crippen molar-refractivity contribution >= 4 is 37.8 Å². The largest absolute Gasteiger partial charge is 0.349 e. The molecule has 0 saturated heterocycles. The molecule has 1 aromatic rings. The Hall–Kier alpha value is -0.350. The second-order valence-corrected chi connectivity index (χ2v) is 7.05. The Labute approximate surface area is 119 Å². The molecule has 0 aromatic heterocycles. The molecular formula is C13H17Br2NO. The zero-order valence-corrected chi connectivity index (χ0v) is 13.6. The zero-order chi connectivity index (χ0) is 13.2. The maximum absolute atomic E-state index is 12.1. The van der Waals surface area contributed by atoms with Gasteiger partial charge in [0.2, 0.25) is 0 Å². The summed E-state index contributed by atoms with van der Waals surface area (Å²) in [7, 11) is 0. The average molecular weight is 363 g/mol. The second-order valence-electron chi connectivity index (χ2n) is 5.22. The van der Waals surface area contributed by atoms with E-state index in [0.717, 1.165) is 8.95 Å². The van der Waals surface area contributed by atoms with Gasteiger partial charge in [-0.25, -0.2) is 0 Å². The maximum atomic E-state index is 12.1. The first-order valence-corrected chi connectivity index (χ1v) is 7.05. The van der Waals surface area contributed by atoms with Crippen LogP contribution in [0.3, 0.4) is 0 Å². The van der Waals surface area contributed by atoms with Crippen LogP contribution in [0.4, 0.5) is 0 Å². The molecule has 0 radical (unpaired) electrons. The quantitative estimate of drug-likeness (QED) is 0.831. The highest BCUT2D eigenvalue weighted by molar-refractivity contribution is 9.11. The molecule has 1 amide bonds. The number of rotatable bonds is 2. The molecule has 17 heavy (non-hydrogen) atoms. The van der Waals surface area contributed by atoms with Crippen molar-refractivity contribution in [2.24, 2.45) is 5.41 Å². The number of benzene rings is 1. The van der Waals surface area contributed by atoms with Crippen LogP contribution < -0.4 is 5.32 Å². The Morgan fingerprint density at radius 3 is 2.06 bits per heavy atom. The van der Waals surface area contributed by atoms with Crippen molar-refractivity contribution < 1.29 is 4.79 Å². The number of hydrogen-bond acceptors (Lipinski definition) is 1. The third-order valence-electron chi connectivity index (χ3n) is 2.77. The fourth-order valence-electron chi connectivity index (χ4n) is 1.18. The molecule has 0 aliphatic rings. The molecule has 0 aliphatic heterocycles. The second kappa shape index (κ2) is 5.53. The van der Waals surface area contributed by atoms with Crippen LogP contribution in [0.1, 0.15) is 38.1 Å². The van der Waals surface area contributed by atoms with Crippen LogP contribution in [-0.4, -0.2) is 11.9 Å². The summed E-state index contributed by atoms with van der Waals surface area (Å²) in [6.45, 7) is 8.34. The van der Waals surface area contributed by atoms with Crippen LogP contribution in [0.15, 0.2) is 27.1 Å². The number of hydrogen-bond donors (Lipinski definition) is 1. The van der Waals surface area contributed by atoms with Gasteiger partial charge in [0.15, 0.2) is 0 Å². The van der Waals surface area contributed by atoms with Gasteiger partial charge in [0.05, 0.1) is 0 Å². The minimum Gasteiger partial charge on any atom is -0.349 e. The summed E-state index contributed by atoms with van der Waals surface area (Å²) in [5, 5.41) is 3.01. The molecular weight excluding hydrogens is 346 g/mol. The van der Waals surface area contributed by atoms with Crippen molar-refractivity contribution in [3.63, 3.8) is 0 Å². The van der Waals surface area contributed by atoms with E-state index in [1.165, 1.54) is 0 Å². The molecule has 1 aromatic carbocycles. The van der Waals surface area contributed by atoms with Crippen LogP contribution in [0, 0.1) is 5.41 Å². The number of amides is 1.